The van der Waals surface area contributed by atoms with Gasteiger partial charge >= 0.3 is 0 Å². The average Bonchev–Trinajstić information content (AvgIpc) is 2.67. The van der Waals surface area contributed by atoms with Crippen LogP contribution >= 0.6 is 11.6 Å². The van der Waals surface area contributed by atoms with Gasteiger partial charge in [0.1, 0.15) is 16.6 Å². The molecule has 0 aliphatic rings. The third-order valence-electron chi connectivity index (χ3n) is 4.12. The summed E-state index contributed by atoms with van der Waals surface area (Å²) in [4.78, 5) is 16.9. The number of halogens is 1. The Balaban J connectivity index is 2.00. The molecule has 1 amide bonds. The predicted octanol–water partition coefficient (Wildman–Crippen LogP) is 3.40. The van der Waals surface area contributed by atoms with E-state index in [9.17, 15) is 13.2 Å². The average molecular weight is 420 g/mol. The van der Waals surface area contributed by atoms with Gasteiger partial charge in [-0.1, -0.05) is 35.9 Å². The molecule has 3 aromatic rings. The van der Waals surface area contributed by atoms with Crippen molar-refractivity contribution in [3.63, 3.8) is 0 Å². The molecule has 9 heteroatoms. The van der Waals surface area contributed by atoms with E-state index in [2.05, 4.69) is 10.3 Å². The van der Waals surface area contributed by atoms with E-state index in [4.69, 9.17) is 16.3 Å². The Bertz CT molecular complexity index is 1160. The molecule has 3 rings (SSSR count). The second kappa shape index (κ2) is 7.75. The smallest absolute Gasteiger partial charge is 0.274 e. The van der Waals surface area contributed by atoms with Crippen molar-refractivity contribution in [2.75, 3.05) is 26.5 Å². The van der Waals surface area contributed by atoms with Gasteiger partial charge in [0.15, 0.2) is 0 Å². The number of pyridine rings is 1. The van der Waals surface area contributed by atoms with Crippen LogP contribution in [0.3, 0.4) is 0 Å². The molecule has 0 unspecified atom stereocenters. The Kier molecular flexibility index (Phi) is 5.55. The van der Waals surface area contributed by atoms with E-state index >= 15 is 0 Å². The number of sulfonamides is 1. The van der Waals surface area contributed by atoms with Crippen LogP contribution in [0.15, 0.2) is 53.4 Å². The lowest BCUT2D eigenvalue weighted by atomic mass is 10.1. The number of methoxy groups -OCH3 is 1. The van der Waals surface area contributed by atoms with E-state index in [1.165, 1.54) is 39.4 Å². The number of hydrogen-bond donors (Lipinski definition) is 1. The van der Waals surface area contributed by atoms with Crippen molar-refractivity contribution in [1.29, 1.82) is 0 Å². The zero-order valence-electron chi connectivity index (χ0n) is 15.4. The molecular formula is C19H18ClN3O4S. The molecule has 1 heterocycles. The summed E-state index contributed by atoms with van der Waals surface area (Å²) in [5, 5.41) is 4.36. The van der Waals surface area contributed by atoms with Crippen LogP contribution in [-0.2, 0) is 10.0 Å². The molecule has 0 atom stereocenters. The summed E-state index contributed by atoms with van der Waals surface area (Å²) in [7, 11) is 0.615. The maximum absolute atomic E-state index is 12.7. The maximum Gasteiger partial charge on any atom is 0.274 e. The molecule has 1 aromatic heterocycles. The van der Waals surface area contributed by atoms with Gasteiger partial charge in [0.25, 0.3) is 5.91 Å². The summed E-state index contributed by atoms with van der Waals surface area (Å²) in [5.74, 6) is -0.219. The van der Waals surface area contributed by atoms with Crippen molar-refractivity contribution < 1.29 is 17.9 Å². The molecule has 7 nitrogen and oxygen atoms in total. The summed E-state index contributed by atoms with van der Waals surface area (Å²) >= 11 is 6.19. The van der Waals surface area contributed by atoms with Gasteiger partial charge < -0.3 is 10.1 Å². The van der Waals surface area contributed by atoms with Crippen LogP contribution < -0.4 is 10.1 Å². The molecule has 0 saturated carbocycles. The van der Waals surface area contributed by atoms with E-state index in [1.54, 1.807) is 6.07 Å². The van der Waals surface area contributed by atoms with E-state index in [1.807, 2.05) is 24.3 Å². The molecular weight excluding hydrogens is 402 g/mol. The number of anilines is 1. The third kappa shape index (κ3) is 3.80. The minimum atomic E-state index is -3.67. The summed E-state index contributed by atoms with van der Waals surface area (Å²) in [6.45, 7) is 0. The quantitative estimate of drug-likeness (QED) is 0.640. The van der Waals surface area contributed by atoms with E-state index < -0.39 is 15.9 Å². The largest absolute Gasteiger partial charge is 0.495 e. The van der Waals surface area contributed by atoms with Crippen LogP contribution in [-0.4, -0.2) is 44.8 Å². The highest BCUT2D eigenvalue weighted by Gasteiger charge is 2.20. The van der Waals surface area contributed by atoms with Crippen molar-refractivity contribution in [1.82, 2.24) is 9.29 Å². The first kappa shape index (κ1) is 20.1. The zero-order chi connectivity index (χ0) is 20.5. The Morgan fingerprint density at radius 2 is 1.86 bits per heavy atom. The second-order valence-corrected chi connectivity index (χ2v) is 8.63. The van der Waals surface area contributed by atoms with Gasteiger partial charge in [-0.2, -0.15) is 0 Å². The van der Waals surface area contributed by atoms with Gasteiger partial charge in [-0.15, -0.1) is 0 Å². The maximum atomic E-state index is 12.7. The summed E-state index contributed by atoms with van der Waals surface area (Å²) < 4.78 is 31.1. The molecule has 28 heavy (non-hydrogen) atoms. The first-order valence-corrected chi connectivity index (χ1v) is 10.0. The molecule has 0 aliphatic carbocycles. The molecule has 1 N–H and O–H groups in total. The Morgan fingerprint density at radius 1 is 1.14 bits per heavy atom. The molecule has 146 valence electrons. The number of aromatic nitrogens is 1. The van der Waals surface area contributed by atoms with E-state index in [0.29, 0.717) is 5.75 Å². The molecule has 0 radical (unpaired) electrons. The summed E-state index contributed by atoms with van der Waals surface area (Å²) in [6, 6.07) is 13.1. The van der Waals surface area contributed by atoms with Crippen LogP contribution in [0.1, 0.15) is 10.5 Å². The van der Waals surface area contributed by atoms with E-state index in [-0.39, 0.29) is 21.4 Å². The molecule has 0 spiro atoms. The highest BCUT2D eigenvalue weighted by molar-refractivity contribution is 7.89. The lowest BCUT2D eigenvalue weighted by Crippen LogP contribution is -2.22. The second-order valence-electron chi connectivity index (χ2n) is 6.12. The monoisotopic (exact) mass is 419 g/mol. The Hall–Kier alpha value is -2.68. The topological polar surface area (TPSA) is 88.6 Å². The van der Waals surface area contributed by atoms with Gasteiger partial charge in [-0.25, -0.2) is 17.7 Å². The first-order valence-electron chi connectivity index (χ1n) is 8.21. The molecule has 0 fully saturated rings. The van der Waals surface area contributed by atoms with Crippen molar-refractivity contribution in [2.45, 2.75) is 4.90 Å². The SMILES string of the molecule is COc1ccc(S(=O)(=O)N(C)C)cc1NC(=O)c1cc2ccccc2c(Cl)n1. The Morgan fingerprint density at radius 3 is 2.54 bits per heavy atom. The fourth-order valence-electron chi connectivity index (χ4n) is 2.62. The number of carbonyl (C=O) groups is 1. The minimum absolute atomic E-state index is 0.0260. The van der Waals surface area contributed by atoms with Gasteiger partial charge in [0, 0.05) is 19.5 Å². The Labute approximate surface area is 167 Å². The van der Waals surface area contributed by atoms with E-state index in [0.717, 1.165) is 15.1 Å². The number of nitrogens with zero attached hydrogens (tertiary/aromatic N) is 2. The molecule has 0 bridgehead atoms. The highest BCUT2D eigenvalue weighted by atomic mass is 35.5. The number of carbonyl (C=O) groups excluding carboxylic acids is 1. The molecule has 0 aliphatic heterocycles. The zero-order valence-corrected chi connectivity index (χ0v) is 17.0. The molecule has 0 saturated heterocycles. The highest BCUT2D eigenvalue weighted by Crippen LogP contribution is 2.29. The molecule has 2 aromatic carbocycles. The number of fused-ring (bicyclic) bond motifs is 1. The van der Waals surface area contributed by atoms with Crippen molar-refractivity contribution in [2.24, 2.45) is 0 Å². The number of amides is 1. The fraction of sp³-hybridized carbons (Fsp3) is 0.158. The van der Waals surface area contributed by atoms with Crippen LogP contribution in [0, 0.1) is 0 Å². The predicted molar refractivity (Wildman–Crippen MR) is 109 cm³/mol. The van der Waals surface area contributed by atoms with Gasteiger partial charge in [-0.05, 0) is 29.7 Å². The standard InChI is InChI=1S/C19H18ClN3O4S/c1-23(2)28(25,26)13-8-9-17(27-3)15(11-13)22-19(24)16-10-12-6-4-5-7-14(12)18(20)21-16/h4-11H,1-3H3,(H,22,24). The van der Waals surface area contributed by atoms with Crippen molar-refractivity contribution in [3.05, 3.63) is 59.4 Å². The first-order chi connectivity index (χ1) is 13.2. The lowest BCUT2D eigenvalue weighted by molar-refractivity contribution is 0.102. The summed E-state index contributed by atoms with van der Waals surface area (Å²) in [6.07, 6.45) is 0. The summed E-state index contributed by atoms with van der Waals surface area (Å²) in [5.41, 5.74) is 0.313. The van der Waals surface area contributed by atoms with Gasteiger partial charge in [0.2, 0.25) is 10.0 Å². The van der Waals surface area contributed by atoms with Crippen molar-refractivity contribution >= 4 is 44.0 Å². The number of ether oxygens (including phenoxy) is 1. The van der Waals surface area contributed by atoms with Gasteiger partial charge in [-0.3, -0.25) is 4.79 Å². The fourth-order valence-corrected chi connectivity index (χ4v) is 3.81. The number of benzene rings is 2. The number of hydrogen-bond acceptors (Lipinski definition) is 5. The normalized spacial score (nSPS) is 11.6. The van der Waals surface area contributed by atoms with Gasteiger partial charge in [0.05, 0.1) is 17.7 Å². The lowest BCUT2D eigenvalue weighted by Gasteiger charge is -2.15. The van der Waals surface area contributed by atoms with Crippen LogP contribution in [0.25, 0.3) is 10.8 Å². The van der Waals surface area contributed by atoms with Crippen LogP contribution in [0.4, 0.5) is 5.69 Å². The minimum Gasteiger partial charge on any atom is -0.495 e. The van der Waals surface area contributed by atoms with Crippen molar-refractivity contribution in [3.8, 4) is 5.75 Å². The van der Waals surface area contributed by atoms with Crippen LogP contribution in [0.5, 0.6) is 5.75 Å². The number of nitrogens with one attached hydrogen (secondary N) is 1. The van der Waals surface area contributed by atoms with Crippen LogP contribution in [0.2, 0.25) is 5.15 Å². The third-order valence-corrected chi connectivity index (χ3v) is 6.22. The number of rotatable bonds is 5.